The number of carbonyl (C=O) groups is 2. The van der Waals surface area contributed by atoms with E-state index in [1.807, 2.05) is 0 Å². The zero-order chi connectivity index (χ0) is 20.8. The van der Waals surface area contributed by atoms with Crippen molar-refractivity contribution in [2.45, 2.75) is 6.54 Å². The molecule has 0 bridgehead atoms. The van der Waals surface area contributed by atoms with Crippen molar-refractivity contribution in [1.29, 1.82) is 0 Å². The Hall–Kier alpha value is -2.80. The number of amides is 2. The number of halogens is 3. The fraction of sp³-hybridized carbons (Fsp3) is 0.0500. The Kier molecular flexibility index (Phi) is 6.93. The molecule has 0 aliphatic heterocycles. The van der Waals surface area contributed by atoms with Crippen molar-refractivity contribution in [1.82, 2.24) is 5.32 Å². The first-order valence-electron chi connectivity index (χ1n) is 8.33. The van der Waals surface area contributed by atoms with Crippen LogP contribution in [0.25, 0.3) is 0 Å². The Morgan fingerprint density at radius 2 is 1.69 bits per heavy atom. The summed E-state index contributed by atoms with van der Waals surface area (Å²) >= 11 is 17.6. The van der Waals surface area contributed by atoms with Gasteiger partial charge in [-0.1, -0.05) is 40.9 Å². The zero-order valence-corrected chi connectivity index (χ0v) is 17.1. The summed E-state index contributed by atoms with van der Waals surface area (Å²) in [6, 6.07) is 14.9. The SMILES string of the molecule is O=C(NCc1ccc(C=Nc2cccc(Cl)c2)o1)C(=O)Nc1cc(Cl)cc(Cl)c1. The molecule has 2 amide bonds. The van der Waals surface area contributed by atoms with Crippen LogP contribution in [0.5, 0.6) is 0 Å². The lowest BCUT2D eigenvalue weighted by atomic mass is 10.3. The van der Waals surface area contributed by atoms with Crippen molar-refractivity contribution in [3.05, 3.63) is 81.2 Å². The van der Waals surface area contributed by atoms with Crippen molar-refractivity contribution in [2.24, 2.45) is 4.99 Å². The van der Waals surface area contributed by atoms with Crippen LogP contribution < -0.4 is 10.6 Å². The van der Waals surface area contributed by atoms with Gasteiger partial charge in [-0.05, 0) is 48.5 Å². The molecule has 0 saturated carbocycles. The molecule has 6 nitrogen and oxygen atoms in total. The third kappa shape index (κ3) is 6.35. The Morgan fingerprint density at radius 1 is 0.931 bits per heavy atom. The van der Waals surface area contributed by atoms with Gasteiger partial charge in [0.15, 0.2) is 0 Å². The third-order valence-electron chi connectivity index (χ3n) is 3.58. The van der Waals surface area contributed by atoms with E-state index in [1.165, 1.54) is 24.4 Å². The summed E-state index contributed by atoms with van der Waals surface area (Å²) < 4.78 is 5.55. The van der Waals surface area contributed by atoms with Gasteiger partial charge in [0.05, 0.1) is 18.4 Å². The number of hydrogen-bond acceptors (Lipinski definition) is 4. The van der Waals surface area contributed by atoms with Crippen LogP contribution in [0.2, 0.25) is 15.1 Å². The molecule has 0 spiro atoms. The molecule has 9 heteroatoms. The fourth-order valence-electron chi connectivity index (χ4n) is 2.32. The molecule has 0 unspecified atom stereocenters. The molecule has 2 N–H and O–H groups in total. The fourth-order valence-corrected chi connectivity index (χ4v) is 3.03. The van der Waals surface area contributed by atoms with E-state index in [9.17, 15) is 9.59 Å². The highest BCUT2D eigenvalue weighted by molar-refractivity contribution is 6.40. The second-order valence-corrected chi connectivity index (χ2v) is 7.15. The van der Waals surface area contributed by atoms with Gasteiger partial charge >= 0.3 is 11.8 Å². The summed E-state index contributed by atoms with van der Waals surface area (Å²) in [4.78, 5) is 28.2. The molecule has 29 heavy (non-hydrogen) atoms. The van der Waals surface area contributed by atoms with Crippen LogP contribution in [0.15, 0.2) is 64.0 Å². The van der Waals surface area contributed by atoms with Gasteiger partial charge < -0.3 is 15.1 Å². The first-order valence-corrected chi connectivity index (χ1v) is 9.46. The van der Waals surface area contributed by atoms with Crippen molar-refractivity contribution in [3.63, 3.8) is 0 Å². The van der Waals surface area contributed by atoms with Crippen LogP contribution in [0.4, 0.5) is 11.4 Å². The quantitative estimate of drug-likeness (QED) is 0.411. The Labute approximate surface area is 181 Å². The minimum atomic E-state index is -0.849. The maximum absolute atomic E-state index is 12.0. The number of furan rings is 1. The molecule has 3 rings (SSSR count). The third-order valence-corrected chi connectivity index (χ3v) is 4.25. The lowest BCUT2D eigenvalue weighted by Gasteiger charge is -2.06. The summed E-state index contributed by atoms with van der Waals surface area (Å²) in [6.07, 6.45) is 1.53. The second kappa shape index (κ2) is 9.60. The average molecular weight is 451 g/mol. The number of rotatable bonds is 5. The molecule has 0 saturated heterocycles. The maximum atomic E-state index is 12.0. The highest BCUT2D eigenvalue weighted by Gasteiger charge is 2.14. The standard InChI is InChI=1S/C20H14Cl3N3O3/c21-12-2-1-3-15(7-12)24-10-17-4-5-18(29-17)11-25-19(27)20(28)26-16-8-13(22)6-14(23)9-16/h1-10H,11H2,(H,25,27)(H,26,28). The minimum absolute atomic E-state index is 0.0353. The molecule has 148 valence electrons. The molecule has 3 aromatic rings. The molecule has 1 aromatic heterocycles. The monoisotopic (exact) mass is 449 g/mol. The van der Waals surface area contributed by atoms with Crippen LogP contribution in [0.3, 0.4) is 0 Å². The van der Waals surface area contributed by atoms with Crippen molar-refractivity contribution in [2.75, 3.05) is 5.32 Å². The smallest absolute Gasteiger partial charge is 0.313 e. The van der Waals surface area contributed by atoms with Crippen LogP contribution >= 0.6 is 34.8 Å². The van der Waals surface area contributed by atoms with Gasteiger partial charge in [-0.2, -0.15) is 0 Å². The van der Waals surface area contributed by atoms with E-state index in [0.29, 0.717) is 38.0 Å². The molecule has 0 radical (unpaired) electrons. The van der Waals surface area contributed by atoms with Crippen molar-refractivity contribution >= 4 is 64.2 Å². The lowest BCUT2D eigenvalue weighted by molar-refractivity contribution is -0.136. The summed E-state index contributed by atoms with van der Waals surface area (Å²) in [5.74, 6) is -0.721. The van der Waals surface area contributed by atoms with Crippen molar-refractivity contribution in [3.8, 4) is 0 Å². The van der Waals surface area contributed by atoms with E-state index in [2.05, 4.69) is 15.6 Å². The van der Waals surface area contributed by atoms with E-state index < -0.39 is 11.8 Å². The number of nitrogens with one attached hydrogen (secondary N) is 2. The highest BCUT2D eigenvalue weighted by Crippen LogP contribution is 2.22. The van der Waals surface area contributed by atoms with Gasteiger partial charge in [0, 0.05) is 20.8 Å². The molecular formula is C20H14Cl3N3O3. The number of hydrogen-bond donors (Lipinski definition) is 2. The summed E-state index contributed by atoms with van der Waals surface area (Å²) in [7, 11) is 0. The van der Waals surface area contributed by atoms with Gasteiger partial charge in [-0.3, -0.25) is 14.6 Å². The van der Waals surface area contributed by atoms with Gasteiger partial charge in [0.25, 0.3) is 0 Å². The van der Waals surface area contributed by atoms with E-state index >= 15 is 0 Å². The van der Waals surface area contributed by atoms with Gasteiger partial charge in [-0.15, -0.1) is 0 Å². The maximum Gasteiger partial charge on any atom is 0.313 e. The Bertz CT molecular complexity index is 1060. The molecule has 0 atom stereocenters. The van der Waals surface area contributed by atoms with Gasteiger partial charge in [-0.25, -0.2) is 0 Å². The highest BCUT2D eigenvalue weighted by atomic mass is 35.5. The van der Waals surface area contributed by atoms with Gasteiger partial charge in [0.2, 0.25) is 0 Å². The van der Waals surface area contributed by atoms with E-state index in [-0.39, 0.29) is 6.54 Å². The summed E-state index contributed by atoms with van der Waals surface area (Å²) in [6.45, 7) is 0.0353. The van der Waals surface area contributed by atoms with Crippen molar-refractivity contribution < 1.29 is 14.0 Å². The number of benzene rings is 2. The molecule has 0 aliphatic rings. The predicted molar refractivity (Wildman–Crippen MR) is 114 cm³/mol. The molecular weight excluding hydrogens is 437 g/mol. The average Bonchev–Trinajstić information content (AvgIpc) is 3.11. The van der Waals surface area contributed by atoms with Gasteiger partial charge in [0.1, 0.15) is 11.5 Å². The predicted octanol–water partition coefficient (Wildman–Crippen LogP) is 5.25. The first-order chi connectivity index (χ1) is 13.9. The minimum Gasteiger partial charge on any atom is -0.458 e. The Morgan fingerprint density at radius 3 is 2.41 bits per heavy atom. The van der Waals surface area contributed by atoms with E-state index in [4.69, 9.17) is 39.2 Å². The van der Waals surface area contributed by atoms with E-state index in [1.54, 1.807) is 36.4 Å². The first kappa shape index (κ1) is 20.9. The number of anilines is 1. The molecule has 0 fully saturated rings. The van der Waals surface area contributed by atoms with Crippen LogP contribution in [0, 0.1) is 0 Å². The Balaban J connectivity index is 1.53. The molecule has 2 aromatic carbocycles. The van der Waals surface area contributed by atoms with Crippen LogP contribution in [-0.4, -0.2) is 18.0 Å². The topological polar surface area (TPSA) is 83.7 Å². The second-order valence-electron chi connectivity index (χ2n) is 5.84. The normalized spacial score (nSPS) is 10.9. The molecule has 1 heterocycles. The lowest BCUT2D eigenvalue weighted by Crippen LogP contribution is -2.34. The zero-order valence-electron chi connectivity index (χ0n) is 14.8. The summed E-state index contributed by atoms with van der Waals surface area (Å²) in [5.41, 5.74) is 1.00. The van der Waals surface area contributed by atoms with Crippen LogP contribution in [0.1, 0.15) is 11.5 Å². The number of aliphatic imine (C=N–C) groups is 1. The van der Waals surface area contributed by atoms with E-state index in [0.717, 1.165) is 0 Å². The number of carbonyl (C=O) groups excluding carboxylic acids is 2. The molecule has 0 aliphatic carbocycles. The summed E-state index contributed by atoms with van der Waals surface area (Å²) in [5, 5.41) is 6.17. The number of nitrogens with zero attached hydrogens (tertiary/aromatic N) is 1. The largest absolute Gasteiger partial charge is 0.458 e. The van der Waals surface area contributed by atoms with Crippen LogP contribution in [-0.2, 0) is 16.1 Å².